The first-order valence-corrected chi connectivity index (χ1v) is 12.5. The number of rotatable bonds is 8. The Morgan fingerprint density at radius 1 is 1.15 bits per heavy atom. The minimum atomic E-state index is -0.000789. The molecule has 7 heteroatoms. The number of para-hydroxylation sites is 2. The molecule has 0 radical (unpaired) electrons. The lowest BCUT2D eigenvalue weighted by Crippen LogP contribution is -2.42. The van der Waals surface area contributed by atoms with E-state index in [0.29, 0.717) is 18.5 Å². The van der Waals surface area contributed by atoms with Crippen molar-refractivity contribution in [2.75, 3.05) is 38.5 Å². The normalized spacial score (nSPS) is 20.6. The molecule has 180 valence electrons. The van der Waals surface area contributed by atoms with E-state index in [-0.39, 0.29) is 11.6 Å². The van der Waals surface area contributed by atoms with Crippen LogP contribution in [0.1, 0.15) is 31.2 Å². The summed E-state index contributed by atoms with van der Waals surface area (Å²) in [5.74, 6) is 0.712. The number of aromatic nitrogens is 2. The zero-order valence-corrected chi connectivity index (χ0v) is 20.0. The third-order valence-electron chi connectivity index (χ3n) is 7.50. The Bertz CT molecular complexity index is 1180. The zero-order chi connectivity index (χ0) is 23.5. The number of nitrogens with one attached hydrogen (secondary N) is 2. The molecule has 2 atom stereocenters. The van der Waals surface area contributed by atoms with E-state index < -0.39 is 0 Å². The molecule has 2 aliphatic rings. The molecule has 1 unspecified atom stereocenters. The number of carbonyl (C=O) groups is 1. The fraction of sp³-hybridized carbons (Fsp3) is 0.481. The number of carbonyl (C=O) groups excluding carboxylic acids is 1. The molecule has 5 rings (SSSR count). The monoisotopic (exact) mass is 461 g/mol. The molecule has 2 aliphatic heterocycles. The second-order valence-corrected chi connectivity index (χ2v) is 9.99. The van der Waals surface area contributed by atoms with Crippen LogP contribution < -0.4 is 11.0 Å². The highest BCUT2D eigenvalue weighted by molar-refractivity contribution is 5.92. The molecule has 2 aromatic carbocycles. The van der Waals surface area contributed by atoms with Gasteiger partial charge < -0.3 is 15.2 Å². The Balaban J connectivity index is 1.08. The molecule has 0 saturated carbocycles. The highest BCUT2D eigenvalue weighted by Crippen LogP contribution is 2.25. The zero-order valence-electron chi connectivity index (χ0n) is 20.0. The van der Waals surface area contributed by atoms with Crippen molar-refractivity contribution in [2.24, 2.45) is 5.92 Å². The fourth-order valence-electron chi connectivity index (χ4n) is 5.73. The van der Waals surface area contributed by atoms with Crippen LogP contribution in [0.2, 0.25) is 0 Å². The molecular formula is C27H35N5O2. The average Bonchev–Trinajstić information content (AvgIpc) is 3.16. The molecular weight excluding hydrogens is 426 g/mol. The van der Waals surface area contributed by atoms with E-state index in [1.54, 1.807) is 0 Å². The Morgan fingerprint density at radius 2 is 2.00 bits per heavy atom. The summed E-state index contributed by atoms with van der Waals surface area (Å²) >= 11 is 0. The van der Waals surface area contributed by atoms with Gasteiger partial charge in [0.05, 0.1) is 17.6 Å². The van der Waals surface area contributed by atoms with Crippen molar-refractivity contribution in [1.82, 2.24) is 19.4 Å². The molecule has 1 amide bonds. The third-order valence-corrected chi connectivity index (χ3v) is 7.50. The van der Waals surface area contributed by atoms with E-state index in [1.165, 1.54) is 18.4 Å². The lowest BCUT2D eigenvalue weighted by Gasteiger charge is -2.34. The lowest BCUT2D eigenvalue weighted by atomic mass is 9.93. The quantitative estimate of drug-likeness (QED) is 0.540. The van der Waals surface area contributed by atoms with E-state index in [1.807, 2.05) is 47.0 Å². The number of aromatic amines is 1. The van der Waals surface area contributed by atoms with Gasteiger partial charge in [0.15, 0.2) is 0 Å². The van der Waals surface area contributed by atoms with Gasteiger partial charge in [0.2, 0.25) is 5.91 Å². The van der Waals surface area contributed by atoms with Gasteiger partial charge in [-0.15, -0.1) is 0 Å². The smallest absolute Gasteiger partial charge is 0.325 e. The molecule has 0 bridgehead atoms. The summed E-state index contributed by atoms with van der Waals surface area (Å²) in [6.45, 7) is 4.24. The van der Waals surface area contributed by atoms with E-state index >= 15 is 0 Å². The number of hydrogen-bond donors (Lipinski definition) is 2. The van der Waals surface area contributed by atoms with E-state index in [9.17, 15) is 9.59 Å². The van der Waals surface area contributed by atoms with Gasteiger partial charge in [0.1, 0.15) is 0 Å². The predicted octanol–water partition coefficient (Wildman–Crippen LogP) is 3.32. The first-order chi connectivity index (χ1) is 16.6. The van der Waals surface area contributed by atoms with Crippen molar-refractivity contribution in [3.63, 3.8) is 0 Å². The molecule has 2 N–H and O–H groups in total. The number of hydrogen-bond acceptors (Lipinski definition) is 4. The van der Waals surface area contributed by atoms with Crippen molar-refractivity contribution >= 4 is 22.6 Å². The second-order valence-electron chi connectivity index (χ2n) is 9.99. The summed E-state index contributed by atoms with van der Waals surface area (Å²) in [7, 11) is 2.19. The van der Waals surface area contributed by atoms with E-state index in [2.05, 4.69) is 33.2 Å². The first-order valence-electron chi connectivity index (χ1n) is 12.5. The molecule has 3 heterocycles. The van der Waals surface area contributed by atoms with Gasteiger partial charge in [-0.3, -0.25) is 14.3 Å². The lowest BCUT2D eigenvalue weighted by molar-refractivity contribution is -0.117. The predicted molar refractivity (Wildman–Crippen MR) is 136 cm³/mol. The van der Waals surface area contributed by atoms with Crippen molar-refractivity contribution in [3.8, 4) is 0 Å². The first kappa shape index (κ1) is 22.9. The van der Waals surface area contributed by atoms with Crippen LogP contribution in [-0.4, -0.2) is 64.5 Å². The van der Waals surface area contributed by atoms with Crippen LogP contribution in [0.15, 0.2) is 53.3 Å². The number of nitrogens with zero attached hydrogens (tertiary/aromatic N) is 3. The Morgan fingerprint density at radius 3 is 2.85 bits per heavy atom. The number of likely N-dealkylation sites (N-methyl/N-ethyl adjacent to an activating group) is 1. The summed E-state index contributed by atoms with van der Waals surface area (Å²) in [4.78, 5) is 32.6. The van der Waals surface area contributed by atoms with Crippen LogP contribution >= 0.6 is 0 Å². The summed E-state index contributed by atoms with van der Waals surface area (Å²) in [5.41, 5.74) is 4.14. The average molecular weight is 462 g/mol. The van der Waals surface area contributed by atoms with Crippen molar-refractivity contribution in [1.29, 1.82) is 0 Å². The molecule has 0 spiro atoms. The van der Waals surface area contributed by atoms with Crippen LogP contribution in [0, 0.1) is 5.92 Å². The molecule has 34 heavy (non-hydrogen) atoms. The largest absolute Gasteiger partial charge is 0.326 e. The Hall–Kier alpha value is -2.90. The molecule has 1 aromatic heterocycles. The molecule has 3 aromatic rings. The van der Waals surface area contributed by atoms with Crippen LogP contribution in [0.3, 0.4) is 0 Å². The van der Waals surface area contributed by atoms with Crippen LogP contribution in [0.5, 0.6) is 0 Å². The summed E-state index contributed by atoms with van der Waals surface area (Å²) in [6.07, 6.45) is 5.71. The SMILES string of the molecule is CN(CCCC1CCCN(CC(=O)Nc2ccccc2)C1)[C@@H]1Cc2cccc3[nH]c(=O)n(c23)C1. The highest BCUT2D eigenvalue weighted by Gasteiger charge is 2.26. The molecule has 0 aliphatic carbocycles. The highest BCUT2D eigenvalue weighted by atomic mass is 16.2. The van der Waals surface area contributed by atoms with Gasteiger partial charge >= 0.3 is 5.69 Å². The van der Waals surface area contributed by atoms with Gasteiger partial charge in [-0.1, -0.05) is 30.3 Å². The molecule has 1 fully saturated rings. The van der Waals surface area contributed by atoms with Gasteiger partial charge in [0, 0.05) is 24.8 Å². The minimum absolute atomic E-state index is 0.000789. The Kier molecular flexibility index (Phi) is 6.83. The maximum absolute atomic E-state index is 12.4. The topological polar surface area (TPSA) is 73.4 Å². The van der Waals surface area contributed by atoms with Gasteiger partial charge in [-0.2, -0.15) is 0 Å². The standard InChI is InChI=1S/C27H35N5O2/c1-30(23-16-21-10-5-13-24-26(21)32(18-23)27(34)29-24)14-6-8-20-9-7-15-31(17-20)19-25(33)28-22-11-3-2-4-12-22/h2-5,10-13,20,23H,6-9,14-19H2,1H3,(H,28,33)(H,29,34)/t20?,23-/m1/s1. The molecule has 1 saturated heterocycles. The van der Waals surface area contributed by atoms with Crippen LogP contribution in [-0.2, 0) is 17.8 Å². The van der Waals surface area contributed by atoms with Gasteiger partial charge in [-0.05, 0) is 81.9 Å². The van der Waals surface area contributed by atoms with Gasteiger partial charge in [0.25, 0.3) is 0 Å². The minimum Gasteiger partial charge on any atom is -0.325 e. The number of H-pyrrole nitrogens is 1. The van der Waals surface area contributed by atoms with Crippen molar-refractivity contribution in [3.05, 3.63) is 64.6 Å². The van der Waals surface area contributed by atoms with E-state index in [4.69, 9.17) is 0 Å². The van der Waals surface area contributed by atoms with E-state index in [0.717, 1.165) is 62.2 Å². The van der Waals surface area contributed by atoms with Crippen LogP contribution in [0.4, 0.5) is 5.69 Å². The Labute approximate surface area is 200 Å². The number of anilines is 1. The number of imidazole rings is 1. The maximum Gasteiger partial charge on any atom is 0.326 e. The maximum atomic E-state index is 12.4. The van der Waals surface area contributed by atoms with Crippen molar-refractivity contribution in [2.45, 2.75) is 44.7 Å². The number of benzene rings is 2. The number of piperidine rings is 1. The number of likely N-dealkylation sites (tertiary alicyclic amines) is 1. The summed E-state index contributed by atoms with van der Waals surface area (Å²) in [5, 5.41) is 3.00. The van der Waals surface area contributed by atoms with Gasteiger partial charge in [-0.25, -0.2) is 4.79 Å². The van der Waals surface area contributed by atoms with Crippen molar-refractivity contribution < 1.29 is 4.79 Å². The summed E-state index contributed by atoms with van der Waals surface area (Å²) in [6, 6.07) is 16.2. The second kappa shape index (κ2) is 10.2. The fourth-order valence-corrected chi connectivity index (χ4v) is 5.73. The van der Waals surface area contributed by atoms with Crippen LogP contribution in [0.25, 0.3) is 11.0 Å². The molecule has 7 nitrogen and oxygen atoms in total. The summed E-state index contributed by atoms with van der Waals surface area (Å²) < 4.78 is 1.91. The number of amides is 1. The third kappa shape index (κ3) is 5.10.